The summed E-state index contributed by atoms with van der Waals surface area (Å²) < 4.78 is 0. The summed E-state index contributed by atoms with van der Waals surface area (Å²) in [5, 5.41) is 18.8. The van der Waals surface area contributed by atoms with Gasteiger partial charge in [-0.15, -0.1) is 0 Å². The molecular formula is C12H16N2O3. The Hall–Kier alpha value is -1.46. The van der Waals surface area contributed by atoms with Gasteiger partial charge in [0.25, 0.3) is 0 Å². The van der Waals surface area contributed by atoms with Gasteiger partial charge in [-0.05, 0) is 18.1 Å². The zero-order chi connectivity index (χ0) is 12.3. The summed E-state index contributed by atoms with van der Waals surface area (Å²) in [7, 11) is 0. The molecule has 2 N–H and O–H groups in total. The molecule has 1 saturated heterocycles. The van der Waals surface area contributed by atoms with Crippen LogP contribution < -0.4 is 0 Å². The third-order valence-corrected chi connectivity index (χ3v) is 3.02. The van der Waals surface area contributed by atoms with Crippen molar-refractivity contribution in [3.8, 4) is 0 Å². The molecule has 1 aliphatic rings. The molecule has 17 heavy (non-hydrogen) atoms. The van der Waals surface area contributed by atoms with Crippen LogP contribution in [-0.2, 0) is 11.3 Å². The molecule has 1 fully saturated rings. The summed E-state index contributed by atoms with van der Waals surface area (Å²) in [5.41, 5.74) is 0.000640. The molecule has 0 bridgehead atoms. The molecule has 1 unspecified atom stereocenters. The molecule has 1 aromatic heterocycles. The third kappa shape index (κ3) is 3.25. The summed E-state index contributed by atoms with van der Waals surface area (Å²) in [6, 6.07) is 3.84. The van der Waals surface area contributed by atoms with E-state index in [4.69, 9.17) is 5.11 Å². The van der Waals surface area contributed by atoms with Crippen LogP contribution in [0, 0.1) is 0 Å². The van der Waals surface area contributed by atoms with Crippen molar-refractivity contribution in [2.45, 2.75) is 25.0 Å². The highest BCUT2D eigenvalue weighted by atomic mass is 16.4. The van der Waals surface area contributed by atoms with Crippen LogP contribution in [0.1, 0.15) is 18.4 Å². The Morgan fingerprint density at radius 2 is 2.41 bits per heavy atom. The van der Waals surface area contributed by atoms with Crippen LogP contribution in [0.25, 0.3) is 0 Å². The first-order valence-electron chi connectivity index (χ1n) is 5.63. The Kier molecular flexibility index (Phi) is 3.40. The number of aliphatic hydroxyl groups is 1. The second-order valence-corrected chi connectivity index (χ2v) is 4.62. The Morgan fingerprint density at radius 3 is 3.06 bits per heavy atom. The number of hydrogen-bond acceptors (Lipinski definition) is 4. The Balaban J connectivity index is 1.92. The van der Waals surface area contributed by atoms with E-state index in [9.17, 15) is 9.90 Å². The molecular weight excluding hydrogens is 220 g/mol. The van der Waals surface area contributed by atoms with E-state index in [0.29, 0.717) is 19.5 Å². The monoisotopic (exact) mass is 236 g/mol. The van der Waals surface area contributed by atoms with E-state index in [1.807, 2.05) is 12.1 Å². The van der Waals surface area contributed by atoms with Crippen LogP contribution in [0.4, 0.5) is 0 Å². The number of aliphatic carboxylic acids is 1. The molecule has 0 aromatic carbocycles. The molecule has 0 spiro atoms. The fraction of sp³-hybridized carbons (Fsp3) is 0.500. The molecule has 1 atom stereocenters. The third-order valence-electron chi connectivity index (χ3n) is 3.02. The number of likely N-dealkylation sites (tertiary alicyclic amines) is 1. The number of pyridine rings is 1. The van der Waals surface area contributed by atoms with Crippen molar-refractivity contribution in [2.75, 3.05) is 13.1 Å². The molecule has 0 amide bonds. The van der Waals surface area contributed by atoms with Gasteiger partial charge in [-0.2, -0.15) is 0 Å². The average molecular weight is 236 g/mol. The highest BCUT2D eigenvalue weighted by molar-refractivity contribution is 5.68. The number of nitrogens with zero attached hydrogens (tertiary/aromatic N) is 2. The SMILES string of the molecule is O=C(O)CC1(O)CCN(Cc2cccnc2)C1. The average Bonchev–Trinajstić information content (AvgIpc) is 2.60. The van der Waals surface area contributed by atoms with Gasteiger partial charge in [-0.1, -0.05) is 6.07 Å². The fourth-order valence-corrected chi connectivity index (χ4v) is 2.25. The van der Waals surface area contributed by atoms with Gasteiger partial charge >= 0.3 is 5.97 Å². The van der Waals surface area contributed by atoms with Crippen molar-refractivity contribution in [2.24, 2.45) is 0 Å². The van der Waals surface area contributed by atoms with Crippen LogP contribution >= 0.6 is 0 Å². The number of β-amino-alcohol motifs (C(OH)–C–C–N with tert-alkyl or cyclic N) is 1. The van der Waals surface area contributed by atoms with Crippen molar-refractivity contribution in [1.29, 1.82) is 0 Å². The van der Waals surface area contributed by atoms with Crippen molar-refractivity contribution in [3.05, 3.63) is 30.1 Å². The Bertz CT molecular complexity index is 396. The lowest BCUT2D eigenvalue weighted by atomic mass is 9.99. The molecule has 1 aromatic rings. The molecule has 0 radical (unpaired) electrons. The Labute approximate surface area is 99.7 Å². The molecule has 2 heterocycles. The highest BCUT2D eigenvalue weighted by Gasteiger charge is 2.37. The minimum Gasteiger partial charge on any atom is -0.481 e. The molecule has 0 saturated carbocycles. The summed E-state index contributed by atoms with van der Waals surface area (Å²) >= 11 is 0. The Morgan fingerprint density at radius 1 is 1.59 bits per heavy atom. The number of rotatable bonds is 4. The second kappa shape index (κ2) is 4.81. The number of carboxylic acid groups (broad SMARTS) is 1. The lowest BCUT2D eigenvalue weighted by Gasteiger charge is -2.21. The van der Waals surface area contributed by atoms with Crippen molar-refractivity contribution >= 4 is 5.97 Å². The molecule has 0 aliphatic carbocycles. The van der Waals surface area contributed by atoms with Gasteiger partial charge in [0, 0.05) is 32.0 Å². The first kappa shape index (κ1) is 12.0. The fourth-order valence-electron chi connectivity index (χ4n) is 2.25. The number of hydrogen-bond donors (Lipinski definition) is 2. The van der Waals surface area contributed by atoms with Crippen LogP contribution in [0.2, 0.25) is 0 Å². The molecule has 5 heteroatoms. The van der Waals surface area contributed by atoms with E-state index < -0.39 is 11.6 Å². The van der Waals surface area contributed by atoms with Gasteiger partial charge in [-0.3, -0.25) is 14.7 Å². The van der Waals surface area contributed by atoms with Gasteiger partial charge < -0.3 is 10.2 Å². The first-order chi connectivity index (χ1) is 8.07. The van der Waals surface area contributed by atoms with Crippen molar-refractivity contribution in [3.63, 3.8) is 0 Å². The minimum atomic E-state index is -1.08. The van der Waals surface area contributed by atoms with E-state index >= 15 is 0 Å². The standard InChI is InChI=1S/C12H16N2O3/c15-11(16)6-12(17)3-5-14(9-12)8-10-2-1-4-13-7-10/h1-2,4,7,17H,3,5-6,8-9H2,(H,15,16). The maximum atomic E-state index is 10.6. The number of carbonyl (C=O) groups is 1. The molecule has 1 aliphatic heterocycles. The predicted molar refractivity (Wildman–Crippen MR) is 61.3 cm³/mol. The van der Waals surface area contributed by atoms with E-state index in [1.54, 1.807) is 12.4 Å². The lowest BCUT2D eigenvalue weighted by Crippen LogP contribution is -2.35. The van der Waals surface area contributed by atoms with E-state index in [2.05, 4.69) is 9.88 Å². The van der Waals surface area contributed by atoms with Gasteiger partial charge in [0.1, 0.15) is 0 Å². The normalized spacial score (nSPS) is 25.0. The van der Waals surface area contributed by atoms with Gasteiger partial charge in [-0.25, -0.2) is 0 Å². The molecule has 5 nitrogen and oxygen atoms in total. The van der Waals surface area contributed by atoms with E-state index in [0.717, 1.165) is 12.1 Å². The highest BCUT2D eigenvalue weighted by Crippen LogP contribution is 2.25. The van der Waals surface area contributed by atoms with Gasteiger partial charge in [0.05, 0.1) is 12.0 Å². The van der Waals surface area contributed by atoms with Crippen molar-refractivity contribution in [1.82, 2.24) is 9.88 Å². The van der Waals surface area contributed by atoms with E-state index in [-0.39, 0.29) is 6.42 Å². The second-order valence-electron chi connectivity index (χ2n) is 4.62. The zero-order valence-electron chi connectivity index (χ0n) is 9.54. The van der Waals surface area contributed by atoms with Crippen LogP contribution in [0.15, 0.2) is 24.5 Å². The van der Waals surface area contributed by atoms with Crippen LogP contribution in [0.5, 0.6) is 0 Å². The summed E-state index contributed by atoms with van der Waals surface area (Å²) in [5.74, 6) is -0.948. The summed E-state index contributed by atoms with van der Waals surface area (Å²) in [6.07, 6.45) is 3.83. The lowest BCUT2D eigenvalue weighted by molar-refractivity contribution is -0.142. The quantitative estimate of drug-likeness (QED) is 0.796. The summed E-state index contributed by atoms with van der Waals surface area (Å²) in [6.45, 7) is 1.84. The van der Waals surface area contributed by atoms with Crippen LogP contribution in [0.3, 0.4) is 0 Å². The maximum Gasteiger partial charge on any atom is 0.306 e. The number of carboxylic acids is 1. The predicted octanol–water partition coefficient (Wildman–Crippen LogP) is 0.493. The zero-order valence-corrected chi connectivity index (χ0v) is 9.54. The topological polar surface area (TPSA) is 73.7 Å². The maximum absolute atomic E-state index is 10.6. The molecule has 2 rings (SSSR count). The van der Waals surface area contributed by atoms with Gasteiger partial charge in [0.15, 0.2) is 0 Å². The molecule has 92 valence electrons. The largest absolute Gasteiger partial charge is 0.481 e. The first-order valence-corrected chi connectivity index (χ1v) is 5.63. The smallest absolute Gasteiger partial charge is 0.306 e. The van der Waals surface area contributed by atoms with Crippen LogP contribution in [-0.4, -0.2) is 44.8 Å². The minimum absolute atomic E-state index is 0.184. The van der Waals surface area contributed by atoms with Crippen molar-refractivity contribution < 1.29 is 15.0 Å². The number of aromatic nitrogens is 1. The van der Waals surface area contributed by atoms with Gasteiger partial charge in [0.2, 0.25) is 0 Å². The van der Waals surface area contributed by atoms with E-state index in [1.165, 1.54) is 0 Å². The summed E-state index contributed by atoms with van der Waals surface area (Å²) in [4.78, 5) is 16.7.